The van der Waals surface area contributed by atoms with Gasteiger partial charge in [0.05, 0.1) is 5.69 Å². The third-order valence-corrected chi connectivity index (χ3v) is 5.04. The van der Waals surface area contributed by atoms with Crippen LogP contribution < -0.4 is 10.9 Å². The number of aromatic amines is 1. The van der Waals surface area contributed by atoms with E-state index in [1.165, 1.54) is 0 Å². The highest BCUT2D eigenvalue weighted by Gasteiger charge is 2.17. The van der Waals surface area contributed by atoms with Gasteiger partial charge in [0.2, 0.25) is 0 Å². The first-order valence-corrected chi connectivity index (χ1v) is 8.89. The van der Waals surface area contributed by atoms with E-state index in [1.54, 1.807) is 13.8 Å². The first kappa shape index (κ1) is 17.0. The van der Waals surface area contributed by atoms with Crippen LogP contribution in [0.15, 0.2) is 47.3 Å². The van der Waals surface area contributed by atoms with Gasteiger partial charge in [-0.05, 0) is 50.6 Å². The molecule has 0 aliphatic rings. The number of H-pyrrole nitrogens is 1. The Bertz CT molecular complexity index is 1250. The van der Waals surface area contributed by atoms with Gasteiger partial charge in [0, 0.05) is 34.0 Å². The number of aromatic nitrogens is 3. The standard InChI is InChI=1S/C21H20N4O2/c1-4-25-17-8-6-5-7-15(17)16-11-14(9-10-18(16)25)22-20(26)19-12(2)13(3)23-24-21(19)27/h5-11H,4H2,1-3H3,(H,22,26)(H,24,27). The summed E-state index contributed by atoms with van der Waals surface area (Å²) >= 11 is 0. The predicted molar refractivity (Wildman–Crippen MR) is 107 cm³/mol. The molecule has 0 atom stereocenters. The first-order valence-electron chi connectivity index (χ1n) is 8.89. The van der Waals surface area contributed by atoms with Crippen molar-refractivity contribution in [1.29, 1.82) is 0 Å². The van der Waals surface area contributed by atoms with Crippen molar-refractivity contribution >= 4 is 33.4 Å². The van der Waals surface area contributed by atoms with Crippen LogP contribution in [0.25, 0.3) is 21.8 Å². The second-order valence-corrected chi connectivity index (χ2v) is 6.59. The van der Waals surface area contributed by atoms with Gasteiger partial charge in [-0.15, -0.1) is 0 Å². The summed E-state index contributed by atoms with van der Waals surface area (Å²) in [6, 6.07) is 14.0. The fourth-order valence-electron chi connectivity index (χ4n) is 3.56. The van der Waals surface area contributed by atoms with Gasteiger partial charge >= 0.3 is 0 Å². The SMILES string of the molecule is CCn1c2ccccc2c2cc(NC(=O)c3c(C)c(C)n[nH]c3=O)ccc21. The van der Waals surface area contributed by atoms with E-state index in [4.69, 9.17) is 0 Å². The van der Waals surface area contributed by atoms with Crippen LogP contribution in [-0.4, -0.2) is 20.7 Å². The molecule has 2 aromatic heterocycles. The van der Waals surface area contributed by atoms with E-state index in [2.05, 4.69) is 39.1 Å². The molecule has 0 radical (unpaired) electrons. The fourth-order valence-corrected chi connectivity index (χ4v) is 3.56. The summed E-state index contributed by atoms with van der Waals surface area (Å²) in [5.74, 6) is -0.433. The van der Waals surface area contributed by atoms with Crippen molar-refractivity contribution in [1.82, 2.24) is 14.8 Å². The number of hydrogen-bond donors (Lipinski definition) is 2. The average Bonchev–Trinajstić information content (AvgIpc) is 2.98. The Labute approximate surface area is 155 Å². The molecule has 27 heavy (non-hydrogen) atoms. The largest absolute Gasteiger partial charge is 0.341 e. The van der Waals surface area contributed by atoms with Gasteiger partial charge in [-0.2, -0.15) is 5.10 Å². The van der Waals surface area contributed by atoms with E-state index < -0.39 is 11.5 Å². The topological polar surface area (TPSA) is 79.8 Å². The number of benzene rings is 2. The van der Waals surface area contributed by atoms with Crippen LogP contribution in [0.5, 0.6) is 0 Å². The minimum atomic E-state index is -0.487. The zero-order valence-electron chi connectivity index (χ0n) is 15.5. The van der Waals surface area contributed by atoms with Crippen LogP contribution in [0.3, 0.4) is 0 Å². The van der Waals surface area contributed by atoms with Crippen LogP contribution in [0.1, 0.15) is 28.5 Å². The molecule has 0 spiro atoms. The van der Waals surface area contributed by atoms with E-state index in [1.807, 2.05) is 30.3 Å². The van der Waals surface area contributed by atoms with Gasteiger partial charge in [0.1, 0.15) is 5.56 Å². The van der Waals surface area contributed by atoms with Crippen LogP contribution in [0.2, 0.25) is 0 Å². The molecule has 0 unspecified atom stereocenters. The smallest absolute Gasteiger partial charge is 0.277 e. The fraction of sp³-hybridized carbons (Fsp3) is 0.190. The van der Waals surface area contributed by atoms with Crippen molar-refractivity contribution < 1.29 is 4.79 Å². The lowest BCUT2D eigenvalue weighted by molar-refractivity contribution is 0.102. The maximum Gasteiger partial charge on any atom is 0.277 e. The molecule has 0 saturated carbocycles. The van der Waals surface area contributed by atoms with E-state index in [9.17, 15) is 9.59 Å². The highest BCUT2D eigenvalue weighted by Crippen LogP contribution is 2.31. The van der Waals surface area contributed by atoms with Gasteiger partial charge in [-0.25, -0.2) is 5.10 Å². The lowest BCUT2D eigenvalue weighted by Crippen LogP contribution is -2.26. The van der Waals surface area contributed by atoms with Crippen molar-refractivity contribution in [3.8, 4) is 0 Å². The number of carbonyl (C=O) groups is 1. The zero-order valence-corrected chi connectivity index (χ0v) is 15.5. The molecule has 2 aromatic carbocycles. The molecule has 0 bridgehead atoms. The number of para-hydroxylation sites is 1. The number of nitrogens with zero attached hydrogens (tertiary/aromatic N) is 2. The monoisotopic (exact) mass is 360 g/mol. The summed E-state index contributed by atoms with van der Waals surface area (Å²) < 4.78 is 2.25. The highest BCUT2D eigenvalue weighted by atomic mass is 16.2. The van der Waals surface area contributed by atoms with Crippen molar-refractivity contribution in [3.63, 3.8) is 0 Å². The van der Waals surface area contributed by atoms with Gasteiger partial charge in [-0.1, -0.05) is 18.2 Å². The summed E-state index contributed by atoms with van der Waals surface area (Å²) in [5, 5.41) is 11.3. The number of carbonyl (C=O) groups excluding carboxylic acids is 1. The minimum Gasteiger partial charge on any atom is -0.341 e. The Balaban J connectivity index is 1.80. The zero-order chi connectivity index (χ0) is 19.1. The Morgan fingerprint density at radius 1 is 1.11 bits per heavy atom. The number of rotatable bonds is 3. The van der Waals surface area contributed by atoms with Crippen molar-refractivity contribution in [2.75, 3.05) is 5.32 Å². The molecule has 2 heterocycles. The maximum absolute atomic E-state index is 12.7. The highest BCUT2D eigenvalue weighted by molar-refractivity contribution is 6.11. The Morgan fingerprint density at radius 3 is 2.63 bits per heavy atom. The average molecular weight is 360 g/mol. The summed E-state index contributed by atoms with van der Waals surface area (Å²) in [4.78, 5) is 24.8. The normalized spacial score (nSPS) is 11.2. The third kappa shape index (κ3) is 2.70. The summed E-state index contributed by atoms with van der Waals surface area (Å²) in [6.45, 7) is 6.46. The second kappa shape index (κ2) is 6.39. The molecular weight excluding hydrogens is 340 g/mol. The van der Waals surface area contributed by atoms with E-state index in [-0.39, 0.29) is 5.56 Å². The summed E-state index contributed by atoms with van der Waals surface area (Å²) in [5.41, 5.74) is 3.75. The Hall–Kier alpha value is -3.41. The lowest BCUT2D eigenvalue weighted by atomic mass is 10.1. The molecule has 6 heteroatoms. The number of amides is 1. The second-order valence-electron chi connectivity index (χ2n) is 6.59. The first-order chi connectivity index (χ1) is 13.0. The molecular formula is C21H20N4O2. The van der Waals surface area contributed by atoms with Crippen molar-refractivity contribution in [2.24, 2.45) is 0 Å². The van der Waals surface area contributed by atoms with Gasteiger partial charge in [0.25, 0.3) is 11.5 Å². The molecule has 0 aliphatic heterocycles. The van der Waals surface area contributed by atoms with Crippen LogP contribution in [-0.2, 0) is 6.54 Å². The molecule has 6 nitrogen and oxygen atoms in total. The molecule has 136 valence electrons. The molecule has 0 fully saturated rings. The van der Waals surface area contributed by atoms with E-state index in [0.717, 1.165) is 28.4 Å². The molecule has 0 saturated heterocycles. The van der Waals surface area contributed by atoms with Crippen molar-refractivity contribution in [2.45, 2.75) is 27.3 Å². The van der Waals surface area contributed by atoms with Crippen LogP contribution in [0.4, 0.5) is 5.69 Å². The number of aryl methyl sites for hydroxylation is 2. The Kier molecular flexibility index (Phi) is 4.03. The minimum absolute atomic E-state index is 0.0959. The van der Waals surface area contributed by atoms with Gasteiger partial charge in [-0.3, -0.25) is 9.59 Å². The third-order valence-electron chi connectivity index (χ3n) is 5.04. The number of fused-ring (bicyclic) bond motifs is 3. The quantitative estimate of drug-likeness (QED) is 0.584. The summed E-state index contributed by atoms with van der Waals surface area (Å²) in [7, 11) is 0. The number of nitrogens with one attached hydrogen (secondary N) is 2. The molecule has 4 aromatic rings. The van der Waals surface area contributed by atoms with Gasteiger partial charge < -0.3 is 9.88 Å². The number of hydrogen-bond acceptors (Lipinski definition) is 3. The number of anilines is 1. The predicted octanol–water partition coefficient (Wildman–Crippen LogP) is 3.77. The van der Waals surface area contributed by atoms with E-state index in [0.29, 0.717) is 16.9 Å². The van der Waals surface area contributed by atoms with Crippen LogP contribution in [0, 0.1) is 13.8 Å². The van der Waals surface area contributed by atoms with Gasteiger partial charge in [0.15, 0.2) is 0 Å². The van der Waals surface area contributed by atoms with Crippen LogP contribution >= 0.6 is 0 Å². The molecule has 0 aliphatic carbocycles. The molecule has 1 amide bonds. The van der Waals surface area contributed by atoms with E-state index >= 15 is 0 Å². The summed E-state index contributed by atoms with van der Waals surface area (Å²) in [6.07, 6.45) is 0. The molecule has 4 rings (SSSR count). The Morgan fingerprint density at radius 2 is 1.85 bits per heavy atom. The maximum atomic E-state index is 12.7. The lowest BCUT2D eigenvalue weighted by Gasteiger charge is -2.09. The van der Waals surface area contributed by atoms with Crippen molar-refractivity contribution in [3.05, 3.63) is 69.6 Å². The molecule has 2 N–H and O–H groups in total.